The highest BCUT2D eigenvalue weighted by atomic mass is 16.2. The minimum absolute atomic E-state index is 0.115. The number of carbonyl (C=O) groups is 3. The van der Waals surface area contributed by atoms with Crippen LogP contribution >= 0.6 is 0 Å². The molecule has 14 heavy (non-hydrogen) atoms. The lowest BCUT2D eigenvalue weighted by Gasteiger charge is -2.20. The maximum atomic E-state index is 11.3. The Morgan fingerprint density at radius 2 is 2.21 bits per heavy atom. The lowest BCUT2D eigenvalue weighted by molar-refractivity contribution is -0.124. The SMILES string of the molecule is CC(C(=O)NC(N)=O)N1CCC(=O)C1. The molecule has 6 heteroatoms. The van der Waals surface area contributed by atoms with Crippen molar-refractivity contribution in [3.05, 3.63) is 0 Å². The van der Waals surface area contributed by atoms with Crippen LogP contribution in [0.2, 0.25) is 0 Å². The van der Waals surface area contributed by atoms with Crippen LogP contribution in [0.5, 0.6) is 0 Å². The lowest BCUT2D eigenvalue weighted by Crippen LogP contribution is -2.47. The van der Waals surface area contributed by atoms with Crippen molar-refractivity contribution in [1.29, 1.82) is 0 Å². The van der Waals surface area contributed by atoms with Crippen molar-refractivity contribution in [2.45, 2.75) is 19.4 Å². The number of nitrogens with one attached hydrogen (secondary N) is 1. The van der Waals surface area contributed by atoms with Crippen LogP contribution in [0.1, 0.15) is 13.3 Å². The van der Waals surface area contributed by atoms with Gasteiger partial charge in [0.1, 0.15) is 5.78 Å². The number of likely N-dealkylation sites (tertiary alicyclic amines) is 1. The molecule has 0 radical (unpaired) electrons. The Hall–Kier alpha value is -1.43. The second kappa shape index (κ2) is 4.19. The summed E-state index contributed by atoms with van der Waals surface area (Å²) in [7, 11) is 0. The van der Waals surface area contributed by atoms with Gasteiger partial charge in [-0.3, -0.25) is 19.8 Å². The number of imide groups is 1. The number of Topliss-reactive ketones (excluding diaryl/α,β-unsaturated/α-hetero) is 1. The summed E-state index contributed by atoms with van der Waals surface area (Å²) >= 11 is 0. The molecule has 0 aliphatic carbocycles. The van der Waals surface area contributed by atoms with Crippen molar-refractivity contribution >= 4 is 17.7 Å². The molecule has 1 fully saturated rings. The fourth-order valence-corrected chi connectivity index (χ4v) is 1.38. The summed E-state index contributed by atoms with van der Waals surface area (Å²) in [5.74, 6) is -0.351. The third-order valence-electron chi connectivity index (χ3n) is 2.23. The van der Waals surface area contributed by atoms with Gasteiger partial charge in [-0.2, -0.15) is 0 Å². The van der Waals surface area contributed by atoms with E-state index >= 15 is 0 Å². The molecule has 6 nitrogen and oxygen atoms in total. The van der Waals surface area contributed by atoms with Gasteiger partial charge in [-0.1, -0.05) is 0 Å². The fraction of sp³-hybridized carbons (Fsp3) is 0.625. The van der Waals surface area contributed by atoms with Crippen molar-refractivity contribution in [2.75, 3.05) is 13.1 Å². The summed E-state index contributed by atoms with van der Waals surface area (Å²) in [6.07, 6.45) is 0.466. The zero-order chi connectivity index (χ0) is 10.7. The molecule has 0 spiro atoms. The van der Waals surface area contributed by atoms with Gasteiger partial charge in [0.05, 0.1) is 12.6 Å². The maximum Gasteiger partial charge on any atom is 0.318 e. The van der Waals surface area contributed by atoms with Gasteiger partial charge in [-0.05, 0) is 6.92 Å². The minimum atomic E-state index is -0.868. The monoisotopic (exact) mass is 199 g/mol. The molecular formula is C8H13N3O3. The third-order valence-corrected chi connectivity index (χ3v) is 2.23. The van der Waals surface area contributed by atoms with Gasteiger partial charge in [-0.25, -0.2) is 4.79 Å². The number of nitrogens with zero attached hydrogens (tertiary/aromatic N) is 1. The molecular weight excluding hydrogens is 186 g/mol. The zero-order valence-electron chi connectivity index (χ0n) is 7.95. The highest BCUT2D eigenvalue weighted by Gasteiger charge is 2.28. The highest BCUT2D eigenvalue weighted by Crippen LogP contribution is 2.08. The summed E-state index contributed by atoms with van der Waals surface area (Å²) in [5.41, 5.74) is 4.80. The van der Waals surface area contributed by atoms with E-state index in [-0.39, 0.29) is 12.3 Å². The van der Waals surface area contributed by atoms with E-state index in [1.54, 1.807) is 11.8 Å². The van der Waals surface area contributed by atoms with E-state index in [0.717, 1.165) is 0 Å². The van der Waals surface area contributed by atoms with Crippen LogP contribution in [0.3, 0.4) is 0 Å². The van der Waals surface area contributed by atoms with Gasteiger partial charge in [-0.15, -0.1) is 0 Å². The molecule has 1 heterocycles. The maximum absolute atomic E-state index is 11.3. The zero-order valence-corrected chi connectivity index (χ0v) is 7.95. The molecule has 0 bridgehead atoms. The third kappa shape index (κ3) is 2.53. The Morgan fingerprint density at radius 1 is 1.57 bits per heavy atom. The van der Waals surface area contributed by atoms with Gasteiger partial charge in [0.25, 0.3) is 0 Å². The largest absolute Gasteiger partial charge is 0.351 e. The number of hydrogen-bond donors (Lipinski definition) is 2. The van der Waals surface area contributed by atoms with Crippen molar-refractivity contribution in [3.63, 3.8) is 0 Å². The summed E-state index contributed by atoms with van der Waals surface area (Å²) in [5, 5.41) is 1.98. The van der Waals surface area contributed by atoms with Gasteiger partial charge in [0, 0.05) is 13.0 Å². The Balaban J connectivity index is 2.48. The van der Waals surface area contributed by atoms with Crippen LogP contribution < -0.4 is 11.1 Å². The molecule has 0 aromatic carbocycles. The van der Waals surface area contributed by atoms with E-state index in [1.807, 2.05) is 5.32 Å². The molecule has 78 valence electrons. The van der Waals surface area contributed by atoms with Gasteiger partial charge in [0.2, 0.25) is 5.91 Å². The smallest absolute Gasteiger partial charge is 0.318 e. The molecule has 1 aliphatic rings. The van der Waals surface area contributed by atoms with E-state index in [0.29, 0.717) is 13.0 Å². The molecule has 0 aromatic heterocycles. The van der Waals surface area contributed by atoms with E-state index < -0.39 is 18.0 Å². The van der Waals surface area contributed by atoms with Crippen molar-refractivity contribution < 1.29 is 14.4 Å². The Kier molecular flexibility index (Phi) is 3.19. The van der Waals surface area contributed by atoms with Gasteiger partial charge >= 0.3 is 6.03 Å². The first kappa shape index (κ1) is 10.6. The topological polar surface area (TPSA) is 92.5 Å². The molecule has 1 rings (SSSR count). The Labute approximate surface area is 81.4 Å². The van der Waals surface area contributed by atoms with Crippen molar-refractivity contribution in [2.24, 2.45) is 5.73 Å². The predicted molar refractivity (Wildman–Crippen MR) is 48.4 cm³/mol. The van der Waals surface area contributed by atoms with Crippen molar-refractivity contribution in [3.8, 4) is 0 Å². The van der Waals surface area contributed by atoms with Crippen LogP contribution in [0.4, 0.5) is 4.79 Å². The molecule has 3 amide bonds. The standard InChI is InChI=1S/C8H13N3O3/c1-5(7(13)10-8(9)14)11-3-2-6(12)4-11/h5H,2-4H2,1H3,(H3,9,10,13,14). The molecule has 0 aromatic rings. The Morgan fingerprint density at radius 3 is 2.64 bits per heavy atom. The molecule has 1 aliphatic heterocycles. The predicted octanol–water partition coefficient (Wildman–Crippen LogP) is -1.16. The number of nitrogens with two attached hydrogens (primary N) is 1. The normalized spacial score (nSPS) is 19.4. The molecule has 3 N–H and O–H groups in total. The molecule has 1 atom stereocenters. The first-order valence-electron chi connectivity index (χ1n) is 4.36. The molecule has 1 unspecified atom stereocenters. The first-order chi connectivity index (χ1) is 6.50. The van der Waals surface area contributed by atoms with Gasteiger partial charge < -0.3 is 5.73 Å². The summed E-state index contributed by atoms with van der Waals surface area (Å²) in [6.45, 7) is 2.47. The summed E-state index contributed by atoms with van der Waals surface area (Å²) in [4.78, 5) is 34.3. The number of carbonyl (C=O) groups excluding carboxylic acids is 3. The average Bonchev–Trinajstić information content (AvgIpc) is 2.49. The molecule has 0 saturated carbocycles. The lowest BCUT2D eigenvalue weighted by atomic mass is 10.3. The van der Waals surface area contributed by atoms with Crippen molar-refractivity contribution in [1.82, 2.24) is 10.2 Å². The average molecular weight is 199 g/mol. The van der Waals surface area contributed by atoms with Crippen LogP contribution in [0.15, 0.2) is 0 Å². The van der Waals surface area contributed by atoms with Crippen LogP contribution in [-0.4, -0.2) is 41.8 Å². The van der Waals surface area contributed by atoms with E-state index in [2.05, 4.69) is 0 Å². The number of rotatable bonds is 2. The minimum Gasteiger partial charge on any atom is -0.351 e. The van der Waals surface area contributed by atoms with Crippen LogP contribution in [-0.2, 0) is 9.59 Å². The highest BCUT2D eigenvalue weighted by molar-refractivity contribution is 5.96. The van der Waals surface area contributed by atoms with E-state index in [4.69, 9.17) is 5.73 Å². The van der Waals surface area contributed by atoms with E-state index in [1.165, 1.54) is 0 Å². The number of primary amides is 1. The first-order valence-corrected chi connectivity index (χ1v) is 4.36. The number of ketones is 1. The number of hydrogen-bond acceptors (Lipinski definition) is 4. The fourth-order valence-electron chi connectivity index (χ4n) is 1.38. The van der Waals surface area contributed by atoms with Gasteiger partial charge in [0.15, 0.2) is 0 Å². The van der Waals surface area contributed by atoms with Crippen LogP contribution in [0, 0.1) is 0 Å². The second-order valence-corrected chi connectivity index (χ2v) is 3.29. The Bertz CT molecular complexity index is 277. The number of urea groups is 1. The summed E-state index contributed by atoms with van der Waals surface area (Å²) < 4.78 is 0. The quantitative estimate of drug-likeness (QED) is 0.587. The molecule has 1 saturated heterocycles. The van der Waals surface area contributed by atoms with E-state index in [9.17, 15) is 14.4 Å². The summed E-state index contributed by atoms with van der Waals surface area (Å²) in [6, 6.07) is -1.36. The van der Waals surface area contributed by atoms with Crippen LogP contribution in [0.25, 0.3) is 0 Å². The second-order valence-electron chi connectivity index (χ2n) is 3.29. The number of amides is 3.